The molecule has 46 heavy (non-hydrogen) atoms. The Bertz CT molecular complexity index is 1530. The summed E-state index contributed by atoms with van der Waals surface area (Å²) in [5.41, 5.74) is 2.88. The summed E-state index contributed by atoms with van der Waals surface area (Å²) in [6.45, 7) is 2.46. The van der Waals surface area contributed by atoms with Crippen molar-refractivity contribution in [3.8, 4) is 28.4 Å². The first-order valence-corrected chi connectivity index (χ1v) is 15.6. The van der Waals surface area contributed by atoms with Gasteiger partial charge in [-0.1, -0.05) is 76.6 Å². The quantitative estimate of drug-likeness (QED) is 0.0879. The zero-order valence-corrected chi connectivity index (χ0v) is 27.5. The van der Waals surface area contributed by atoms with Gasteiger partial charge >= 0.3 is 5.97 Å². The van der Waals surface area contributed by atoms with Crippen LogP contribution in [0.5, 0.6) is 17.2 Å². The Morgan fingerprint density at radius 1 is 0.739 bits per heavy atom. The maximum atomic E-state index is 13.6. The van der Waals surface area contributed by atoms with E-state index in [1.807, 2.05) is 78.9 Å². The van der Waals surface area contributed by atoms with Crippen LogP contribution in [0.1, 0.15) is 28.4 Å². The van der Waals surface area contributed by atoms with Crippen LogP contribution in [0.3, 0.4) is 0 Å². The van der Waals surface area contributed by atoms with Gasteiger partial charge in [0.05, 0.1) is 58.2 Å². The number of para-hydroxylation sites is 2. The summed E-state index contributed by atoms with van der Waals surface area (Å²) >= 11 is 3.44. The zero-order valence-electron chi connectivity index (χ0n) is 25.9. The van der Waals surface area contributed by atoms with E-state index in [1.165, 1.54) is 7.11 Å². The lowest BCUT2D eigenvalue weighted by atomic mass is 9.98. The van der Waals surface area contributed by atoms with Crippen molar-refractivity contribution < 1.29 is 38.0 Å². The second kappa shape index (κ2) is 18.7. The topological polar surface area (TPSA) is 102 Å². The van der Waals surface area contributed by atoms with Crippen LogP contribution in [0.25, 0.3) is 11.1 Å². The summed E-state index contributed by atoms with van der Waals surface area (Å²) in [5, 5.41) is 3.00. The minimum Gasteiger partial charge on any atom is -0.490 e. The number of methoxy groups -OCH3 is 2. The first kappa shape index (κ1) is 34.6. The largest absolute Gasteiger partial charge is 0.490 e. The van der Waals surface area contributed by atoms with E-state index in [0.29, 0.717) is 54.6 Å². The number of ether oxygens (including phenoxy) is 6. The molecule has 9 nitrogen and oxygen atoms in total. The lowest BCUT2D eigenvalue weighted by Gasteiger charge is -2.20. The minimum atomic E-state index is -0.655. The van der Waals surface area contributed by atoms with Gasteiger partial charge in [-0.25, -0.2) is 0 Å². The van der Waals surface area contributed by atoms with Gasteiger partial charge in [0, 0.05) is 17.1 Å². The number of hydrogen-bond donors (Lipinski definition) is 1. The average Bonchev–Trinajstić information content (AvgIpc) is 3.08. The van der Waals surface area contributed by atoms with Gasteiger partial charge in [-0.2, -0.15) is 0 Å². The second-order valence-electron chi connectivity index (χ2n) is 10.0. The molecule has 0 heterocycles. The maximum absolute atomic E-state index is 13.6. The molecule has 1 amide bonds. The summed E-state index contributed by atoms with van der Waals surface area (Å²) < 4.78 is 33.6. The monoisotopic (exact) mass is 691 g/mol. The number of carbonyl (C=O) groups excluding carboxylic acids is 2. The predicted octanol–water partition coefficient (Wildman–Crippen LogP) is 7.00. The van der Waals surface area contributed by atoms with Gasteiger partial charge in [-0.3, -0.25) is 9.59 Å². The fraction of sp³-hybridized carbons (Fsp3) is 0.278. The Hall–Kier alpha value is -4.22. The molecule has 0 spiro atoms. The molecule has 1 unspecified atom stereocenters. The number of hydrogen-bond acceptors (Lipinski definition) is 8. The number of nitrogens with one attached hydrogen (secondary N) is 1. The number of halogens is 1. The molecule has 242 valence electrons. The van der Waals surface area contributed by atoms with Gasteiger partial charge < -0.3 is 33.7 Å². The van der Waals surface area contributed by atoms with Crippen molar-refractivity contribution in [2.75, 3.05) is 53.9 Å². The molecule has 4 rings (SSSR count). The van der Waals surface area contributed by atoms with Crippen LogP contribution in [0.15, 0.2) is 102 Å². The van der Waals surface area contributed by atoms with Crippen molar-refractivity contribution in [2.45, 2.75) is 12.5 Å². The Labute approximate surface area is 277 Å². The van der Waals surface area contributed by atoms with E-state index < -0.39 is 17.9 Å². The zero-order chi connectivity index (χ0) is 32.6. The molecule has 1 atom stereocenters. The normalized spacial score (nSPS) is 11.5. The van der Waals surface area contributed by atoms with E-state index in [1.54, 1.807) is 25.3 Å². The molecule has 0 aliphatic carbocycles. The first-order chi connectivity index (χ1) is 22.5. The van der Waals surface area contributed by atoms with Gasteiger partial charge in [0.2, 0.25) is 0 Å². The van der Waals surface area contributed by atoms with Crippen LogP contribution in [0, 0.1) is 0 Å². The van der Waals surface area contributed by atoms with E-state index in [9.17, 15) is 9.59 Å². The van der Waals surface area contributed by atoms with Crippen molar-refractivity contribution in [2.24, 2.45) is 0 Å². The Morgan fingerprint density at radius 2 is 1.41 bits per heavy atom. The number of carbonyl (C=O) groups is 2. The molecule has 0 saturated carbocycles. The van der Waals surface area contributed by atoms with Crippen LogP contribution in [-0.4, -0.2) is 65.7 Å². The molecule has 4 aromatic carbocycles. The molecule has 0 fully saturated rings. The lowest BCUT2D eigenvalue weighted by molar-refractivity contribution is -0.141. The summed E-state index contributed by atoms with van der Waals surface area (Å²) in [4.78, 5) is 26.0. The van der Waals surface area contributed by atoms with Crippen LogP contribution in [0.2, 0.25) is 0 Å². The SMILES string of the molecule is COCCOCCOCCOc1ccc(Br)cc1C(=O)NC(CC(=O)OC)c1ccc(-c2ccccc2Oc2ccccc2)cc1. The summed E-state index contributed by atoms with van der Waals surface area (Å²) in [5.74, 6) is 0.985. The summed E-state index contributed by atoms with van der Waals surface area (Å²) in [6, 6.07) is 29.5. The Kier molecular flexibility index (Phi) is 14.1. The van der Waals surface area contributed by atoms with Crippen molar-refractivity contribution in [1.29, 1.82) is 0 Å². The number of benzene rings is 4. The van der Waals surface area contributed by atoms with E-state index in [2.05, 4.69) is 21.2 Å². The fourth-order valence-corrected chi connectivity index (χ4v) is 4.88. The highest BCUT2D eigenvalue weighted by Gasteiger charge is 2.22. The van der Waals surface area contributed by atoms with Crippen molar-refractivity contribution in [3.63, 3.8) is 0 Å². The molecule has 0 saturated heterocycles. The van der Waals surface area contributed by atoms with Crippen molar-refractivity contribution >= 4 is 27.8 Å². The molecule has 0 aliphatic rings. The Morgan fingerprint density at radius 3 is 2.13 bits per heavy atom. The third-order valence-electron chi connectivity index (χ3n) is 6.86. The average molecular weight is 693 g/mol. The van der Waals surface area contributed by atoms with E-state index in [4.69, 9.17) is 28.4 Å². The third kappa shape index (κ3) is 10.7. The lowest BCUT2D eigenvalue weighted by Crippen LogP contribution is -2.31. The molecular weight excluding hydrogens is 654 g/mol. The predicted molar refractivity (Wildman–Crippen MR) is 178 cm³/mol. The highest BCUT2D eigenvalue weighted by atomic mass is 79.9. The van der Waals surface area contributed by atoms with Gasteiger partial charge in [0.15, 0.2) is 0 Å². The van der Waals surface area contributed by atoms with Gasteiger partial charge in [-0.05, 0) is 47.5 Å². The van der Waals surface area contributed by atoms with E-state index >= 15 is 0 Å². The molecule has 1 N–H and O–H groups in total. The van der Waals surface area contributed by atoms with Crippen LogP contribution in [0.4, 0.5) is 0 Å². The summed E-state index contributed by atoms with van der Waals surface area (Å²) in [7, 11) is 2.94. The van der Waals surface area contributed by atoms with Crippen LogP contribution in [-0.2, 0) is 23.7 Å². The Balaban J connectivity index is 1.45. The highest BCUT2D eigenvalue weighted by molar-refractivity contribution is 9.10. The summed E-state index contributed by atoms with van der Waals surface area (Å²) in [6.07, 6.45) is -0.0558. The van der Waals surface area contributed by atoms with Crippen LogP contribution < -0.4 is 14.8 Å². The van der Waals surface area contributed by atoms with Gasteiger partial charge in [-0.15, -0.1) is 0 Å². The fourth-order valence-electron chi connectivity index (χ4n) is 4.52. The second-order valence-corrected chi connectivity index (χ2v) is 11.0. The molecule has 0 bridgehead atoms. The highest BCUT2D eigenvalue weighted by Crippen LogP contribution is 2.34. The number of amides is 1. The number of esters is 1. The molecule has 10 heteroatoms. The van der Waals surface area contributed by atoms with Crippen molar-refractivity contribution in [3.05, 3.63) is 113 Å². The standard InChI is InChI=1S/C36H38BrNO8/c1-41-18-19-43-20-21-44-22-23-45-33-17-16-28(37)24-31(33)36(40)38-32(25-35(39)42-2)27-14-12-26(13-15-27)30-10-6-7-11-34(30)46-29-8-4-3-5-9-29/h3-17,24,32H,18-23,25H2,1-2H3,(H,38,40). The third-order valence-corrected chi connectivity index (χ3v) is 7.35. The van der Waals surface area contributed by atoms with E-state index in [0.717, 1.165) is 22.4 Å². The molecule has 4 aromatic rings. The maximum Gasteiger partial charge on any atom is 0.307 e. The van der Waals surface area contributed by atoms with Crippen molar-refractivity contribution in [1.82, 2.24) is 5.32 Å². The van der Waals surface area contributed by atoms with Crippen LogP contribution >= 0.6 is 15.9 Å². The molecule has 0 aromatic heterocycles. The number of rotatable bonds is 18. The molecule has 0 aliphatic heterocycles. The minimum absolute atomic E-state index is 0.0558. The smallest absolute Gasteiger partial charge is 0.307 e. The van der Waals surface area contributed by atoms with Gasteiger partial charge in [0.1, 0.15) is 23.9 Å². The molecule has 0 radical (unpaired) electrons. The van der Waals surface area contributed by atoms with Gasteiger partial charge in [0.25, 0.3) is 5.91 Å². The molecular formula is C36H38BrNO8. The van der Waals surface area contributed by atoms with E-state index in [-0.39, 0.29) is 13.0 Å². The first-order valence-electron chi connectivity index (χ1n) is 14.8.